The van der Waals surface area contributed by atoms with Crippen LogP contribution in [0.3, 0.4) is 0 Å². The van der Waals surface area contributed by atoms with Crippen molar-refractivity contribution < 1.29 is 33.5 Å². The van der Waals surface area contributed by atoms with Crippen LogP contribution in [0.2, 0.25) is 0 Å². The smallest absolute Gasteiger partial charge is 0.393 e. The number of hydrogen-bond donors (Lipinski definition) is 5. The van der Waals surface area contributed by atoms with Gasteiger partial charge in [0.1, 0.15) is 0 Å². The highest BCUT2D eigenvalue weighted by Gasteiger charge is 2.27. The summed E-state index contributed by atoms with van der Waals surface area (Å²) in [6, 6.07) is -0.983. The normalized spacial score (nSPS) is 15.2. The van der Waals surface area contributed by atoms with Gasteiger partial charge < -0.3 is 26.2 Å². The van der Waals surface area contributed by atoms with Crippen LogP contribution >= 0.6 is 7.82 Å². The average molecular weight is 703 g/mol. The van der Waals surface area contributed by atoms with Gasteiger partial charge in [0.15, 0.2) is 0 Å². The van der Waals surface area contributed by atoms with Crippen molar-refractivity contribution in [1.29, 1.82) is 0 Å². The zero-order valence-electron chi connectivity index (χ0n) is 30.8. The van der Waals surface area contributed by atoms with E-state index in [1.54, 1.807) is 6.08 Å². The molecule has 0 aliphatic carbocycles. The van der Waals surface area contributed by atoms with Gasteiger partial charge in [-0.2, -0.15) is 0 Å². The van der Waals surface area contributed by atoms with Gasteiger partial charge in [0, 0.05) is 6.54 Å². The molecule has 0 radical (unpaired) electrons. The highest BCUT2D eigenvalue weighted by atomic mass is 31.2. The lowest BCUT2D eigenvalue weighted by molar-refractivity contribution is -0.124. The molecule has 1 amide bonds. The number of hydrogen-bond acceptors (Lipinski definition) is 7. The van der Waals surface area contributed by atoms with Gasteiger partial charge >= 0.3 is 7.82 Å². The Bertz CT molecular complexity index is 827. The Labute approximate surface area is 294 Å². The number of unbranched alkanes of at least 4 members (excludes halogenated alkanes) is 20. The third kappa shape index (κ3) is 32.2. The van der Waals surface area contributed by atoms with Crippen molar-refractivity contribution in [2.24, 2.45) is 5.73 Å². The fourth-order valence-corrected chi connectivity index (χ4v) is 6.34. The van der Waals surface area contributed by atoms with Crippen LogP contribution in [-0.4, -0.2) is 59.0 Å². The lowest BCUT2D eigenvalue weighted by Crippen LogP contribution is -2.46. The SMILES string of the molecule is CCCCCCCCC/C=C\CCCCCC(O)CC(=O)NC(COP(=O)(O)OCCN)C(O)/C=C/CCCCCCCCCCCC. The lowest BCUT2D eigenvalue weighted by Gasteiger charge is -2.24. The van der Waals surface area contributed by atoms with E-state index in [0.29, 0.717) is 6.42 Å². The molecule has 0 rings (SSSR count). The van der Waals surface area contributed by atoms with Crippen LogP contribution < -0.4 is 11.1 Å². The molecule has 0 heterocycles. The van der Waals surface area contributed by atoms with Crippen molar-refractivity contribution in [1.82, 2.24) is 5.32 Å². The minimum absolute atomic E-state index is 0.0479. The zero-order valence-corrected chi connectivity index (χ0v) is 31.7. The number of nitrogens with one attached hydrogen (secondary N) is 1. The fraction of sp³-hybridized carbons (Fsp3) is 0.868. The van der Waals surface area contributed by atoms with Crippen LogP contribution in [0.25, 0.3) is 0 Å². The molecule has 4 unspecified atom stereocenters. The minimum atomic E-state index is -4.39. The first kappa shape index (κ1) is 46.9. The summed E-state index contributed by atoms with van der Waals surface area (Å²) in [5.74, 6) is -0.456. The number of rotatable bonds is 36. The second-order valence-corrected chi connectivity index (χ2v) is 14.8. The Balaban J connectivity index is 4.43. The third-order valence-electron chi connectivity index (χ3n) is 8.58. The highest BCUT2D eigenvalue weighted by molar-refractivity contribution is 7.47. The van der Waals surface area contributed by atoms with E-state index in [-0.39, 0.29) is 19.6 Å². The van der Waals surface area contributed by atoms with Crippen LogP contribution in [0.15, 0.2) is 24.3 Å². The third-order valence-corrected chi connectivity index (χ3v) is 9.56. The number of phosphoric ester groups is 1. The summed E-state index contributed by atoms with van der Waals surface area (Å²) in [4.78, 5) is 22.6. The molecule has 0 saturated carbocycles. The molecular formula is C38H75N2O7P. The van der Waals surface area contributed by atoms with Gasteiger partial charge in [0.25, 0.3) is 0 Å². The van der Waals surface area contributed by atoms with E-state index >= 15 is 0 Å². The predicted molar refractivity (Wildman–Crippen MR) is 200 cm³/mol. The van der Waals surface area contributed by atoms with Crippen LogP contribution in [0.4, 0.5) is 0 Å². The van der Waals surface area contributed by atoms with Gasteiger partial charge in [-0.25, -0.2) is 4.57 Å². The number of nitrogens with two attached hydrogens (primary N) is 1. The summed E-state index contributed by atoms with van der Waals surface area (Å²) in [6.07, 6.45) is 34.0. The van der Waals surface area contributed by atoms with Crippen LogP contribution in [0.1, 0.15) is 174 Å². The van der Waals surface area contributed by atoms with Gasteiger partial charge in [-0.1, -0.05) is 147 Å². The molecular weight excluding hydrogens is 627 g/mol. The molecule has 0 aliphatic rings. The number of aliphatic hydroxyl groups excluding tert-OH is 2. The number of carbonyl (C=O) groups is 1. The molecule has 284 valence electrons. The maximum absolute atomic E-state index is 12.7. The topological polar surface area (TPSA) is 151 Å². The van der Waals surface area contributed by atoms with E-state index in [0.717, 1.165) is 51.4 Å². The maximum atomic E-state index is 12.7. The van der Waals surface area contributed by atoms with Crippen molar-refractivity contribution in [2.45, 2.75) is 193 Å². The summed E-state index contributed by atoms with van der Waals surface area (Å²) >= 11 is 0. The number of amides is 1. The van der Waals surface area contributed by atoms with E-state index in [1.807, 2.05) is 6.08 Å². The minimum Gasteiger partial charge on any atom is -0.393 e. The number of aliphatic hydroxyl groups is 2. The van der Waals surface area contributed by atoms with Crippen LogP contribution in [0.5, 0.6) is 0 Å². The van der Waals surface area contributed by atoms with Crippen molar-refractivity contribution in [3.05, 3.63) is 24.3 Å². The van der Waals surface area contributed by atoms with E-state index in [9.17, 15) is 24.5 Å². The molecule has 9 nitrogen and oxygen atoms in total. The van der Waals surface area contributed by atoms with Gasteiger partial charge in [-0.3, -0.25) is 13.8 Å². The summed E-state index contributed by atoms with van der Waals surface area (Å²) < 4.78 is 22.0. The second-order valence-electron chi connectivity index (χ2n) is 13.3. The Hall–Kier alpha value is -1.06. The first-order valence-electron chi connectivity index (χ1n) is 19.5. The molecule has 0 aromatic heterocycles. The summed E-state index contributed by atoms with van der Waals surface area (Å²) in [5, 5.41) is 23.9. The average Bonchev–Trinajstić information content (AvgIpc) is 3.06. The Morgan fingerprint density at radius 3 is 1.67 bits per heavy atom. The van der Waals surface area contributed by atoms with Crippen molar-refractivity contribution in [3.8, 4) is 0 Å². The molecule has 48 heavy (non-hydrogen) atoms. The summed E-state index contributed by atoms with van der Waals surface area (Å²) in [5.41, 5.74) is 5.34. The zero-order chi connectivity index (χ0) is 35.6. The molecule has 0 bridgehead atoms. The first-order chi connectivity index (χ1) is 23.3. The van der Waals surface area contributed by atoms with Crippen molar-refractivity contribution in [3.63, 3.8) is 0 Å². The van der Waals surface area contributed by atoms with Crippen molar-refractivity contribution >= 4 is 13.7 Å². The molecule has 4 atom stereocenters. The molecule has 0 saturated heterocycles. The van der Waals surface area contributed by atoms with Gasteiger partial charge in [-0.05, 0) is 44.9 Å². The Kier molecular flexibility index (Phi) is 33.6. The molecule has 10 heteroatoms. The van der Waals surface area contributed by atoms with Crippen LogP contribution in [-0.2, 0) is 18.4 Å². The molecule has 0 fully saturated rings. The molecule has 0 aliphatic heterocycles. The number of phosphoric acid groups is 1. The van der Waals surface area contributed by atoms with E-state index in [2.05, 4.69) is 31.3 Å². The van der Waals surface area contributed by atoms with Crippen molar-refractivity contribution in [2.75, 3.05) is 19.8 Å². The molecule has 6 N–H and O–H groups in total. The summed E-state index contributed by atoms with van der Waals surface area (Å²) in [6.45, 7) is 3.93. The number of carbonyl (C=O) groups excluding carboxylic acids is 1. The van der Waals surface area contributed by atoms with E-state index < -0.39 is 38.6 Å². The molecule has 0 aromatic carbocycles. The summed E-state index contributed by atoms with van der Waals surface area (Å²) in [7, 11) is -4.39. The quantitative estimate of drug-likeness (QED) is 0.0246. The Morgan fingerprint density at radius 2 is 1.17 bits per heavy atom. The maximum Gasteiger partial charge on any atom is 0.472 e. The largest absolute Gasteiger partial charge is 0.472 e. The standard InChI is InChI=1S/C38H75N2O7P/c1-3-5-7-9-11-13-15-17-18-19-21-23-25-27-29-35(41)33-38(43)40-36(34-47-48(44,45)46-32-31-39)37(42)30-28-26-24-22-20-16-14-12-10-8-6-4-2/h18-19,28,30,35-37,41-42H,3-17,20-27,29,31-34,39H2,1-2H3,(H,40,43)(H,44,45)/b19-18-,30-28+. The highest BCUT2D eigenvalue weighted by Crippen LogP contribution is 2.43. The fourth-order valence-electron chi connectivity index (χ4n) is 5.58. The van der Waals surface area contributed by atoms with Gasteiger partial charge in [0.2, 0.25) is 5.91 Å². The second kappa shape index (κ2) is 34.4. The predicted octanol–water partition coefficient (Wildman–Crippen LogP) is 9.19. The van der Waals surface area contributed by atoms with Gasteiger partial charge in [-0.15, -0.1) is 0 Å². The molecule has 0 spiro atoms. The Morgan fingerprint density at radius 1 is 0.708 bits per heavy atom. The first-order valence-corrected chi connectivity index (χ1v) is 21.0. The van der Waals surface area contributed by atoms with Gasteiger partial charge in [0.05, 0.1) is 37.9 Å². The molecule has 0 aromatic rings. The monoisotopic (exact) mass is 703 g/mol. The van der Waals surface area contributed by atoms with Crippen LogP contribution in [0, 0.1) is 0 Å². The lowest BCUT2D eigenvalue weighted by atomic mass is 10.0. The van der Waals surface area contributed by atoms with E-state index in [1.165, 1.54) is 96.3 Å². The number of allylic oxidation sites excluding steroid dienone is 3. The van der Waals surface area contributed by atoms with E-state index in [4.69, 9.17) is 14.8 Å².